The maximum absolute atomic E-state index is 13.0. The van der Waals surface area contributed by atoms with Crippen LogP contribution in [0, 0.1) is 11.7 Å². The first-order valence-electron chi connectivity index (χ1n) is 5.91. The minimum atomic E-state index is -0.160. The second kappa shape index (κ2) is 4.69. The third-order valence-electron chi connectivity index (χ3n) is 2.91. The summed E-state index contributed by atoms with van der Waals surface area (Å²) in [6.07, 6.45) is 4.46. The lowest BCUT2D eigenvalue weighted by molar-refractivity contribution is 0.517. The molecule has 0 aliphatic rings. The molecule has 0 fully saturated rings. The van der Waals surface area contributed by atoms with Crippen molar-refractivity contribution < 1.29 is 4.39 Å². The molecule has 2 aromatic rings. The number of halogens is 1. The highest BCUT2D eigenvalue weighted by atomic mass is 19.1. The minimum Gasteiger partial charge on any atom is -0.347 e. The van der Waals surface area contributed by atoms with E-state index in [1.54, 1.807) is 6.07 Å². The second-order valence-electron chi connectivity index (χ2n) is 4.75. The normalized spacial score (nSPS) is 11.5. The number of aromatic nitrogens is 1. The van der Waals surface area contributed by atoms with Gasteiger partial charge in [0.1, 0.15) is 5.82 Å². The zero-order chi connectivity index (χ0) is 11.5. The van der Waals surface area contributed by atoms with Gasteiger partial charge >= 0.3 is 0 Å². The minimum absolute atomic E-state index is 0.160. The molecule has 0 spiro atoms. The van der Waals surface area contributed by atoms with Crippen molar-refractivity contribution in [3.8, 4) is 0 Å². The van der Waals surface area contributed by atoms with Crippen LogP contribution in [0.2, 0.25) is 0 Å². The molecule has 1 aromatic heterocycles. The third kappa shape index (κ3) is 2.43. The number of nitrogens with zero attached hydrogens (tertiary/aromatic N) is 1. The summed E-state index contributed by atoms with van der Waals surface area (Å²) >= 11 is 0. The molecule has 2 rings (SSSR count). The van der Waals surface area contributed by atoms with E-state index >= 15 is 0 Å². The number of fused-ring (bicyclic) bond motifs is 1. The highest BCUT2D eigenvalue weighted by Crippen LogP contribution is 2.18. The fourth-order valence-electron chi connectivity index (χ4n) is 2.04. The number of rotatable bonds is 4. The Balaban J connectivity index is 2.13. The monoisotopic (exact) mass is 219 g/mol. The average molecular weight is 219 g/mol. The van der Waals surface area contributed by atoms with Crippen LogP contribution in [0.15, 0.2) is 30.5 Å². The highest BCUT2D eigenvalue weighted by Gasteiger charge is 2.02. The summed E-state index contributed by atoms with van der Waals surface area (Å²) in [7, 11) is 0. The van der Waals surface area contributed by atoms with Gasteiger partial charge in [0, 0.05) is 23.6 Å². The molecule has 0 saturated heterocycles. The van der Waals surface area contributed by atoms with Gasteiger partial charge in [0.25, 0.3) is 0 Å². The summed E-state index contributed by atoms with van der Waals surface area (Å²) in [6.45, 7) is 5.50. The van der Waals surface area contributed by atoms with Gasteiger partial charge in [-0.1, -0.05) is 13.8 Å². The Bertz CT molecular complexity index is 471. The molecule has 0 unspecified atom stereocenters. The Hall–Kier alpha value is -1.31. The smallest absolute Gasteiger partial charge is 0.123 e. The Labute approximate surface area is 95.9 Å². The summed E-state index contributed by atoms with van der Waals surface area (Å²) in [5, 5.41) is 0.990. The van der Waals surface area contributed by atoms with Crippen molar-refractivity contribution in [2.75, 3.05) is 0 Å². The van der Waals surface area contributed by atoms with Crippen LogP contribution in [-0.2, 0) is 6.54 Å². The molecule has 0 saturated carbocycles. The molecular formula is C14H18FN. The standard InChI is InChI=1S/C14H18FN/c1-11(2)4-3-8-16-9-7-12-10-13(15)5-6-14(12)16/h5-7,9-11H,3-4,8H2,1-2H3. The predicted molar refractivity (Wildman–Crippen MR) is 66.0 cm³/mol. The summed E-state index contributed by atoms with van der Waals surface area (Å²) in [5.74, 6) is 0.590. The van der Waals surface area contributed by atoms with Crippen LogP contribution < -0.4 is 0 Å². The number of aryl methyl sites for hydroxylation is 1. The first kappa shape index (κ1) is 11.2. The lowest BCUT2D eigenvalue weighted by atomic mass is 10.1. The Kier molecular flexibility index (Phi) is 3.28. The summed E-state index contributed by atoms with van der Waals surface area (Å²) in [6, 6.07) is 6.96. The molecule has 86 valence electrons. The lowest BCUT2D eigenvalue weighted by Crippen LogP contribution is -1.98. The maximum atomic E-state index is 13.0. The lowest BCUT2D eigenvalue weighted by Gasteiger charge is -2.07. The van der Waals surface area contributed by atoms with Gasteiger partial charge in [0.15, 0.2) is 0 Å². The summed E-state index contributed by atoms with van der Waals surface area (Å²) in [4.78, 5) is 0. The predicted octanol–water partition coefficient (Wildman–Crippen LogP) is 4.22. The molecule has 1 aromatic carbocycles. The van der Waals surface area contributed by atoms with E-state index in [0.29, 0.717) is 0 Å². The van der Waals surface area contributed by atoms with Crippen LogP contribution in [0.5, 0.6) is 0 Å². The van der Waals surface area contributed by atoms with Gasteiger partial charge in [-0.05, 0) is 43.0 Å². The van der Waals surface area contributed by atoms with Crippen molar-refractivity contribution in [1.29, 1.82) is 0 Å². The van der Waals surface area contributed by atoms with Gasteiger partial charge in [-0.3, -0.25) is 0 Å². The summed E-state index contributed by atoms with van der Waals surface area (Å²) in [5.41, 5.74) is 1.13. The van der Waals surface area contributed by atoms with E-state index in [1.807, 2.05) is 18.3 Å². The van der Waals surface area contributed by atoms with Gasteiger partial charge in [0.2, 0.25) is 0 Å². The van der Waals surface area contributed by atoms with E-state index in [1.165, 1.54) is 18.9 Å². The van der Waals surface area contributed by atoms with E-state index in [4.69, 9.17) is 0 Å². The molecule has 0 radical (unpaired) electrons. The van der Waals surface area contributed by atoms with Crippen LogP contribution in [0.4, 0.5) is 4.39 Å². The van der Waals surface area contributed by atoms with E-state index in [9.17, 15) is 4.39 Å². The van der Waals surface area contributed by atoms with Crippen molar-refractivity contribution in [2.45, 2.75) is 33.2 Å². The molecule has 0 amide bonds. The molecule has 0 bridgehead atoms. The molecule has 2 heteroatoms. The Morgan fingerprint density at radius 1 is 1.25 bits per heavy atom. The first-order valence-corrected chi connectivity index (χ1v) is 5.91. The van der Waals surface area contributed by atoms with Crippen LogP contribution in [-0.4, -0.2) is 4.57 Å². The SMILES string of the molecule is CC(C)CCCn1ccc2cc(F)ccc21. The molecular weight excluding hydrogens is 201 g/mol. The summed E-state index contributed by atoms with van der Waals surface area (Å²) < 4.78 is 15.2. The zero-order valence-electron chi connectivity index (χ0n) is 9.91. The maximum Gasteiger partial charge on any atom is 0.123 e. The van der Waals surface area contributed by atoms with E-state index < -0.39 is 0 Å². The van der Waals surface area contributed by atoms with Gasteiger partial charge in [-0.2, -0.15) is 0 Å². The van der Waals surface area contributed by atoms with Crippen molar-refractivity contribution in [3.05, 3.63) is 36.3 Å². The van der Waals surface area contributed by atoms with Crippen molar-refractivity contribution >= 4 is 10.9 Å². The molecule has 0 aliphatic carbocycles. The Morgan fingerprint density at radius 3 is 2.81 bits per heavy atom. The number of benzene rings is 1. The largest absolute Gasteiger partial charge is 0.347 e. The van der Waals surface area contributed by atoms with E-state index in [-0.39, 0.29) is 5.82 Å². The quantitative estimate of drug-likeness (QED) is 0.725. The van der Waals surface area contributed by atoms with Gasteiger partial charge in [-0.15, -0.1) is 0 Å². The Morgan fingerprint density at radius 2 is 2.06 bits per heavy atom. The van der Waals surface area contributed by atoms with Crippen LogP contribution in [0.3, 0.4) is 0 Å². The molecule has 1 nitrogen and oxygen atoms in total. The molecule has 1 heterocycles. The van der Waals surface area contributed by atoms with Crippen LogP contribution in [0.1, 0.15) is 26.7 Å². The van der Waals surface area contributed by atoms with Crippen LogP contribution >= 0.6 is 0 Å². The van der Waals surface area contributed by atoms with E-state index in [2.05, 4.69) is 18.4 Å². The van der Waals surface area contributed by atoms with Gasteiger partial charge < -0.3 is 4.57 Å². The van der Waals surface area contributed by atoms with Crippen molar-refractivity contribution in [1.82, 2.24) is 4.57 Å². The molecule has 0 atom stereocenters. The van der Waals surface area contributed by atoms with E-state index in [0.717, 1.165) is 23.4 Å². The third-order valence-corrected chi connectivity index (χ3v) is 2.91. The fraction of sp³-hybridized carbons (Fsp3) is 0.429. The van der Waals surface area contributed by atoms with Crippen LogP contribution in [0.25, 0.3) is 10.9 Å². The highest BCUT2D eigenvalue weighted by molar-refractivity contribution is 5.80. The molecule has 0 N–H and O–H groups in total. The first-order chi connectivity index (χ1) is 7.66. The molecule has 16 heavy (non-hydrogen) atoms. The zero-order valence-corrected chi connectivity index (χ0v) is 9.91. The number of hydrogen-bond donors (Lipinski definition) is 0. The second-order valence-corrected chi connectivity index (χ2v) is 4.75. The number of hydrogen-bond acceptors (Lipinski definition) is 0. The average Bonchev–Trinajstić information content (AvgIpc) is 2.60. The van der Waals surface area contributed by atoms with Gasteiger partial charge in [0.05, 0.1) is 0 Å². The van der Waals surface area contributed by atoms with Crippen molar-refractivity contribution in [3.63, 3.8) is 0 Å². The molecule has 0 aliphatic heterocycles. The fourth-order valence-corrected chi connectivity index (χ4v) is 2.04. The van der Waals surface area contributed by atoms with Gasteiger partial charge in [-0.25, -0.2) is 4.39 Å². The topological polar surface area (TPSA) is 4.93 Å². The van der Waals surface area contributed by atoms with Crippen molar-refractivity contribution in [2.24, 2.45) is 5.92 Å².